The highest BCUT2D eigenvalue weighted by Crippen LogP contribution is 2.33. The predicted molar refractivity (Wildman–Crippen MR) is 115 cm³/mol. The van der Waals surface area contributed by atoms with Gasteiger partial charge in [0.2, 0.25) is 5.91 Å². The Bertz CT molecular complexity index is 868. The van der Waals surface area contributed by atoms with Crippen LogP contribution in [-0.2, 0) is 9.59 Å². The second kappa shape index (κ2) is 10.1. The van der Waals surface area contributed by atoms with Gasteiger partial charge in [-0.15, -0.1) is 0 Å². The number of carbonyl (C=O) groups excluding carboxylic acids is 2. The Labute approximate surface area is 176 Å². The number of fused-ring (bicyclic) bond motifs is 1. The highest BCUT2D eigenvalue weighted by Gasteiger charge is 2.31. The van der Waals surface area contributed by atoms with Gasteiger partial charge in [-0.3, -0.25) is 9.59 Å². The average Bonchev–Trinajstić information content (AvgIpc) is 2.77. The molecular formula is C23H28FN3O3. The minimum atomic E-state index is -0.638. The first-order chi connectivity index (χ1) is 14.5. The van der Waals surface area contributed by atoms with Gasteiger partial charge in [0.1, 0.15) is 11.6 Å². The van der Waals surface area contributed by atoms with E-state index < -0.39 is 6.10 Å². The fraction of sp³-hybridized carbons (Fsp3) is 0.391. The lowest BCUT2D eigenvalue weighted by Gasteiger charge is -2.36. The molecule has 1 unspecified atom stereocenters. The van der Waals surface area contributed by atoms with Crippen molar-refractivity contribution in [3.05, 3.63) is 54.3 Å². The van der Waals surface area contributed by atoms with E-state index in [4.69, 9.17) is 4.74 Å². The molecule has 1 atom stereocenters. The molecule has 1 heterocycles. The Hall–Kier alpha value is -3.09. The molecule has 3 rings (SSSR count). The first-order valence-corrected chi connectivity index (χ1v) is 10.4. The van der Waals surface area contributed by atoms with Crippen LogP contribution in [0.15, 0.2) is 48.5 Å². The van der Waals surface area contributed by atoms with Crippen LogP contribution >= 0.6 is 0 Å². The Morgan fingerprint density at radius 3 is 2.53 bits per heavy atom. The summed E-state index contributed by atoms with van der Waals surface area (Å²) in [5.41, 5.74) is 1.41. The van der Waals surface area contributed by atoms with Gasteiger partial charge in [-0.1, -0.05) is 26.0 Å². The number of para-hydroxylation sites is 2. The zero-order valence-corrected chi connectivity index (χ0v) is 17.4. The molecule has 0 saturated heterocycles. The SMILES string of the molecule is CCC(CC)NC(=O)C1CN(CCC(=O)Nc2ccc(F)cc2)c2ccccc2O1. The molecule has 2 N–H and O–H groups in total. The van der Waals surface area contributed by atoms with Crippen LogP contribution in [0.3, 0.4) is 0 Å². The molecule has 0 bridgehead atoms. The Balaban J connectivity index is 1.64. The van der Waals surface area contributed by atoms with Crippen molar-refractivity contribution in [3.63, 3.8) is 0 Å². The van der Waals surface area contributed by atoms with Crippen LogP contribution in [0, 0.1) is 5.82 Å². The number of anilines is 2. The van der Waals surface area contributed by atoms with E-state index in [9.17, 15) is 14.0 Å². The van der Waals surface area contributed by atoms with E-state index in [1.807, 2.05) is 43.0 Å². The third kappa shape index (κ3) is 5.49. The zero-order valence-electron chi connectivity index (χ0n) is 17.4. The van der Waals surface area contributed by atoms with E-state index >= 15 is 0 Å². The number of nitrogens with zero attached hydrogens (tertiary/aromatic N) is 1. The largest absolute Gasteiger partial charge is 0.477 e. The minimum Gasteiger partial charge on any atom is -0.477 e. The lowest BCUT2D eigenvalue weighted by molar-refractivity contribution is -0.128. The summed E-state index contributed by atoms with van der Waals surface area (Å²) in [6.45, 7) is 4.88. The van der Waals surface area contributed by atoms with Gasteiger partial charge in [0.05, 0.1) is 12.2 Å². The Morgan fingerprint density at radius 1 is 1.13 bits per heavy atom. The van der Waals surface area contributed by atoms with Crippen LogP contribution in [0.25, 0.3) is 0 Å². The molecule has 0 radical (unpaired) electrons. The predicted octanol–water partition coefficient (Wildman–Crippen LogP) is 3.73. The summed E-state index contributed by atoms with van der Waals surface area (Å²) in [6, 6.07) is 13.3. The van der Waals surface area contributed by atoms with Crippen LogP contribution in [0.2, 0.25) is 0 Å². The molecule has 1 aliphatic heterocycles. The van der Waals surface area contributed by atoms with E-state index in [0.29, 0.717) is 24.5 Å². The maximum absolute atomic E-state index is 13.0. The third-order valence-corrected chi connectivity index (χ3v) is 5.22. The van der Waals surface area contributed by atoms with Crippen LogP contribution in [-0.4, -0.2) is 37.0 Å². The summed E-state index contributed by atoms with van der Waals surface area (Å²) in [5, 5.41) is 5.80. The van der Waals surface area contributed by atoms with Crippen molar-refractivity contribution in [2.24, 2.45) is 0 Å². The molecule has 0 aliphatic carbocycles. The standard InChI is InChI=1S/C23H28FN3O3/c1-3-17(4-2)26-23(29)21-15-27(19-7-5-6-8-20(19)30-21)14-13-22(28)25-18-11-9-16(24)10-12-18/h5-12,17,21H,3-4,13-15H2,1-2H3,(H,25,28)(H,26,29). The van der Waals surface area contributed by atoms with Crippen LogP contribution in [0.5, 0.6) is 5.75 Å². The summed E-state index contributed by atoms with van der Waals surface area (Å²) >= 11 is 0. The zero-order chi connectivity index (χ0) is 21.5. The molecule has 6 nitrogen and oxygen atoms in total. The van der Waals surface area contributed by atoms with Crippen molar-refractivity contribution in [2.45, 2.75) is 45.3 Å². The molecule has 7 heteroatoms. The first-order valence-electron chi connectivity index (χ1n) is 10.4. The average molecular weight is 413 g/mol. The number of rotatable bonds is 8. The fourth-order valence-electron chi connectivity index (χ4n) is 3.44. The van der Waals surface area contributed by atoms with E-state index in [1.165, 1.54) is 24.3 Å². The van der Waals surface area contributed by atoms with Crippen molar-refractivity contribution < 1.29 is 18.7 Å². The molecule has 2 aromatic rings. The normalized spacial score (nSPS) is 15.3. The van der Waals surface area contributed by atoms with Crippen molar-refractivity contribution in [3.8, 4) is 5.75 Å². The molecule has 0 fully saturated rings. The summed E-state index contributed by atoms with van der Waals surface area (Å²) < 4.78 is 19.0. The highest BCUT2D eigenvalue weighted by atomic mass is 19.1. The molecule has 160 valence electrons. The monoisotopic (exact) mass is 413 g/mol. The summed E-state index contributed by atoms with van der Waals surface area (Å²) in [7, 11) is 0. The molecule has 0 saturated carbocycles. The van der Waals surface area contributed by atoms with E-state index in [0.717, 1.165) is 18.5 Å². The van der Waals surface area contributed by atoms with Gasteiger partial charge in [-0.25, -0.2) is 4.39 Å². The molecule has 30 heavy (non-hydrogen) atoms. The highest BCUT2D eigenvalue weighted by molar-refractivity contribution is 5.91. The number of carbonyl (C=O) groups is 2. The van der Waals surface area contributed by atoms with Gasteiger partial charge < -0.3 is 20.3 Å². The fourth-order valence-corrected chi connectivity index (χ4v) is 3.44. The maximum atomic E-state index is 13.0. The summed E-state index contributed by atoms with van der Waals surface area (Å²) in [5.74, 6) is -0.0365. The topological polar surface area (TPSA) is 70.7 Å². The molecule has 0 spiro atoms. The van der Waals surface area contributed by atoms with Crippen molar-refractivity contribution >= 4 is 23.2 Å². The van der Waals surface area contributed by atoms with Gasteiger partial charge >= 0.3 is 0 Å². The van der Waals surface area contributed by atoms with Crippen molar-refractivity contribution in [1.29, 1.82) is 0 Å². The lowest BCUT2D eigenvalue weighted by atomic mass is 10.1. The van der Waals surface area contributed by atoms with Gasteiger partial charge in [-0.05, 0) is 49.2 Å². The quantitative estimate of drug-likeness (QED) is 0.692. The number of hydrogen-bond donors (Lipinski definition) is 2. The Kier molecular flexibility index (Phi) is 7.27. The van der Waals surface area contributed by atoms with Crippen LogP contribution in [0.1, 0.15) is 33.1 Å². The minimum absolute atomic E-state index is 0.119. The van der Waals surface area contributed by atoms with Crippen LogP contribution in [0.4, 0.5) is 15.8 Å². The van der Waals surface area contributed by atoms with E-state index in [2.05, 4.69) is 10.6 Å². The number of hydrogen-bond acceptors (Lipinski definition) is 4. The lowest BCUT2D eigenvalue weighted by Crippen LogP contribution is -2.51. The van der Waals surface area contributed by atoms with Gasteiger partial charge in [0, 0.05) is 24.7 Å². The molecule has 0 aromatic heterocycles. The number of amides is 2. The molecular weight excluding hydrogens is 385 g/mol. The van der Waals surface area contributed by atoms with E-state index in [-0.39, 0.29) is 30.1 Å². The maximum Gasteiger partial charge on any atom is 0.263 e. The molecule has 1 aliphatic rings. The summed E-state index contributed by atoms with van der Waals surface area (Å²) in [4.78, 5) is 27.1. The van der Waals surface area contributed by atoms with Crippen molar-refractivity contribution in [2.75, 3.05) is 23.3 Å². The smallest absolute Gasteiger partial charge is 0.263 e. The number of halogens is 1. The van der Waals surface area contributed by atoms with Gasteiger partial charge in [-0.2, -0.15) is 0 Å². The third-order valence-electron chi connectivity index (χ3n) is 5.22. The number of benzene rings is 2. The second-order valence-corrected chi connectivity index (χ2v) is 7.35. The van der Waals surface area contributed by atoms with Gasteiger partial charge in [0.25, 0.3) is 5.91 Å². The number of ether oxygens (including phenoxy) is 1. The molecule has 2 amide bonds. The van der Waals surface area contributed by atoms with Crippen LogP contribution < -0.4 is 20.3 Å². The first kappa shape index (κ1) is 21.6. The molecule has 2 aromatic carbocycles. The van der Waals surface area contributed by atoms with Gasteiger partial charge in [0.15, 0.2) is 6.10 Å². The van der Waals surface area contributed by atoms with E-state index in [1.54, 1.807) is 0 Å². The Morgan fingerprint density at radius 2 is 1.83 bits per heavy atom. The number of nitrogens with one attached hydrogen (secondary N) is 2. The van der Waals surface area contributed by atoms with Crippen molar-refractivity contribution in [1.82, 2.24) is 5.32 Å². The summed E-state index contributed by atoms with van der Waals surface area (Å²) in [6.07, 6.45) is 1.31. The second-order valence-electron chi connectivity index (χ2n) is 7.35.